The van der Waals surface area contributed by atoms with Gasteiger partial charge in [-0.15, -0.1) is 10.2 Å². The van der Waals surface area contributed by atoms with E-state index in [1.807, 2.05) is 66.1 Å². The van der Waals surface area contributed by atoms with Gasteiger partial charge in [-0.3, -0.25) is 9.36 Å². The highest BCUT2D eigenvalue weighted by Gasteiger charge is 2.22. The van der Waals surface area contributed by atoms with Crippen molar-refractivity contribution in [3.05, 3.63) is 84.7 Å². The van der Waals surface area contributed by atoms with Crippen LogP contribution in [0.3, 0.4) is 0 Å². The maximum atomic E-state index is 12.6. The molecule has 1 N–H and O–H groups in total. The Morgan fingerprint density at radius 3 is 2.34 bits per heavy atom. The molecule has 0 aliphatic rings. The predicted molar refractivity (Wildman–Crippen MR) is 136 cm³/mol. The molecule has 1 aromatic heterocycles. The fourth-order valence-electron chi connectivity index (χ4n) is 3.39. The number of methoxy groups -OCH3 is 2. The Bertz CT molecular complexity index is 1260. The summed E-state index contributed by atoms with van der Waals surface area (Å²) in [6.45, 7) is 1.91. The Morgan fingerprint density at radius 2 is 1.63 bits per heavy atom. The van der Waals surface area contributed by atoms with Crippen molar-refractivity contribution in [3.8, 4) is 22.9 Å². The number of ether oxygens (including phenoxy) is 3. The molecule has 0 saturated carbocycles. The predicted octanol–water partition coefficient (Wildman–Crippen LogP) is 5.16. The monoisotopic (exact) mass is 490 g/mol. The van der Waals surface area contributed by atoms with Crippen molar-refractivity contribution in [2.24, 2.45) is 0 Å². The largest absolute Gasteiger partial charge is 0.497 e. The standard InChI is InChI=1S/C26H26N4O4S/c1-18(34-23-11-7-10-22(16-23)33-3)25-28-29-26(30(25)20-8-5-4-6-9-20)35-17-24(31)27-19-12-14-21(32-2)15-13-19/h4-16,18H,17H2,1-3H3,(H,27,31). The number of para-hydroxylation sites is 1. The average molecular weight is 491 g/mol. The highest BCUT2D eigenvalue weighted by atomic mass is 32.2. The van der Waals surface area contributed by atoms with Crippen molar-refractivity contribution in [2.45, 2.75) is 18.2 Å². The van der Waals surface area contributed by atoms with Gasteiger partial charge in [0.15, 0.2) is 17.1 Å². The van der Waals surface area contributed by atoms with Crippen LogP contribution in [0.4, 0.5) is 5.69 Å². The first-order valence-electron chi connectivity index (χ1n) is 11.0. The SMILES string of the molecule is COc1ccc(NC(=O)CSc2nnc(C(C)Oc3cccc(OC)c3)n2-c2ccccc2)cc1. The van der Waals surface area contributed by atoms with E-state index in [9.17, 15) is 4.79 Å². The highest BCUT2D eigenvalue weighted by Crippen LogP contribution is 2.29. The van der Waals surface area contributed by atoms with Crippen LogP contribution < -0.4 is 19.5 Å². The van der Waals surface area contributed by atoms with E-state index >= 15 is 0 Å². The zero-order valence-electron chi connectivity index (χ0n) is 19.7. The second-order valence-electron chi connectivity index (χ2n) is 7.52. The van der Waals surface area contributed by atoms with Gasteiger partial charge < -0.3 is 19.5 Å². The van der Waals surface area contributed by atoms with Crippen LogP contribution in [0.2, 0.25) is 0 Å². The molecule has 0 spiro atoms. The van der Waals surface area contributed by atoms with Gasteiger partial charge in [-0.05, 0) is 55.5 Å². The number of hydrogen-bond acceptors (Lipinski definition) is 7. The number of hydrogen-bond donors (Lipinski definition) is 1. The summed E-state index contributed by atoms with van der Waals surface area (Å²) in [4.78, 5) is 12.6. The number of nitrogens with one attached hydrogen (secondary N) is 1. The number of aromatic nitrogens is 3. The van der Waals surface area contributed by atoms with E-state index in [1.165, 1.54) is 11.8 Å². The lowest BCUT2D eigenvalue weighted by Crippen LogP contribution is -2.15. The number of carbonyl (C=O) groups is 1. The number of benzene rings is 3. The van der Waals surface area contributed by atoms with Gasteiger partial charge >= 0.3 is 0 Å². The Labute approximate surface area is 208 Å². The number of amides is 1. The molecule has 1 heterocycles. The molecule has 8 nitrogen and oxygen atoms in total. The van der Waals surface area contributed by atoms with E-state index in [2.05, 4.69) is 15.5 Å². The van der Waals surface area contributed by atoms with Crippen LogP contribution in [0, 0.1) is 0 Å². The van der Waals surface area contributed by atoms with Gasteiger partial charge in [0.25, 0.3) is 0 Å². The molecular formula is C26H26N4O4S. The second kappa shape index (κ2) is 11.4. The lowest BCUT2D eigenvalue weighted by Gasteiger charge is -2.17. The molecule has 0 fully saturated rings. The van der Waals surface area contributed by atoms with E-state index < -0.39 is 6.10 Å². The third-order valence-corrected chi connectivity index (χ3v) is 6.03. The number of anilines is 1. The Balaban J connectivity index is 1.51. The minimum Gasteiger partial charge on any atom is -0.497 e. The molecule has 0 bridgehead atoms. The van der Waals surface area contributed by atoms with Crippen LogP contribution in [-0.2, 0) is 4.79 Å². The molecule has 0 radical (unpaired) electrons. The number of rotatable bonds is 10. The summed E-state index contributed by atoms with van der Waals surface area (Å²) in [5.74, 6) is 2.74. The van der Waals surface area contributed by atoms with Gasteiger partial charge in [0.05, 0.1) is 20.0 Å². The summed E-state index contributed by atoms with van der Waals surface area (Å²) in [7, 11) is 3.22. The fourth-order valence-corrected chi connectivity index (χ4v) is 4.15. The summed E-state index contributed by atoms with van der Waals surface area (Å²) in [5, 5.41) is 12.2. The van der Waals surface area contributed by atoms with Crippen LogP contribution in [0.5, 0.6) is 17.2 Å². The summed E-state index contributed by atoms with van der Waals surface area (Å²) < 4.78 is 18.5. The first-order valence-corrected chi connectivity index (χ1v) is 11.9. The lowest BCUT2D eigenvalue weighted by atomic mass is 10.3. The second-order valence-corrected chi connectivity index (χ2v) is 8.46. The molecule has 1 atom stereocenters. The molecule has 0 aliphatic carbocycles. The van der Waals surface area contributed by atoms with Crippen molar-refractivity contribution in [1.29, 1.82) is 0 Å². The highest BCUT2D eigenvalue weighted by molar-refractivity contribution is 7.99. The summed E-state index contributed by atoms with van der Waals surface area (Å²) in [6.07, 6.45) is -0.405. The maximum Gasteiger partial charge on any atom is 0.234 e. The quantitative estimate of drug-likeness (QED) is 0.307. The summed E-state index contributed by atoms with van der Waals surface area (Å²) in [5.41, 5.74) is 1.58. The minimum atomic E-state index is -0.405. The lowest BCUT2D eigenvalue weighted by molar-refractivity contribution is -0.113. The molecule has 35 heavy (non-hydrogen) atoms. The molecule has 3 aromatic carbocycles. The van der Waals surface area contributed by atoms with Crippen LogP contribution in [-0.4, -0.2) is 40.6 Å². The Hall–Kier alpha value is -3.98. The number of nitrogens with zero attached hydrogens (tertiary/aromatic N) is 3. The van der Waals surface area contributed by atoms with Crippen molar-refractivity contribution in [1.82, 2.24) is 14.8 Å². The van der Waals surface area contributed by atoms with Crippen LogP contribution in [0.15, 0.2) is 84.0 Å². The first kappa shape index (κ1) is 24.2. The first-order chi connectivity index (χ1) is 17.1. The van der Waals surface area contributed by atoms with E-state index in [4.69, 9.17) is 14.2 Å². The number of thioether (sulfide) groups is 1. The van der Waals surface area contributed by atoms with Crippen LogP contribution in [0.25, 0.3) is 5.69 Å². The Morgan fingerprint density at radius 1 is 0.914 bits per heavy atom. The molecule has 1 unspecified atom stereocenters. The van der Waals surface area contributed by atoms with Gasteiger partial charge in [0, 0.05) is 17.4 Å². The van der Waals surface area contributed by atoms with Crippen molar-refractivity contribution < 1.29 is 19.0 Å². The normalized spacial score (nSPS) is 11.5. The zero-order valence-corrected chi connectivity index (χ0v) is 20.5. The van der Waals surface area contributed by atoms with Gasteiger partial charge in [-0.1, -0.05) is 36.0 Å². The van der Waals surface area contributed by atoms with Crippen molar-refractivity contribution >= 4 is 23.4 Å². The minimum absolute atomic E-state index is 0.148. The topological polar surface area (TPSA) is 87.5 Å². The van der Waals surface area contributed by atoms with E-state index in [1.54, 1.807) is 38.5 Å². The smallest absolute Gasteiger partial charge is 0.234 e. The van der Waals surface area contributed by atoms with Gasteiger partial charge in [-0.25, -0.2) is 0 Å². The molecule has 0 saturated heterocycles. The molecule has 0 aliphatic heterocycles. The molecule has 180 valence electrons. The average Bonchev–Trinajstić information content (AvgIpc) is 3.33. The maximum absolute atomic E-state index is 12.6. The fraction of sp³-hybridized carbons (Fsp3) is 0.192. The van der Waals surface area contributed by atoms with E-state index in [-0.39, 0.29) is 11.7 Å². The van der Waals surface area contributed by atoms with E-state index in [0.717, 1.165) is 11.4 Å². The third kappa shape index (κ3) is 6.13. The molecule has 1 amide bonds. The molecule has 4 aromatic rings. The molecular weight excluding hydrogens is 464 g/mol. The molecule has 9 heteroatoms. The summed E-state index contributed by atoms with van der Waals surface area (Å²) >= 11 is 1.30. The zero-order chi connectivity index (χ0) is 24.6. The van der Waals surface area contributed by atoms with E-state index in [0.29, 0.717) is 28.2 Å². The summed E-state index contributed by atoms with van der Waals surface area (Å²) in [6, 6.07) is 24.3. The van der Waals surface area contributed by atoms with Crippen molar-refractivity contribution in [2.75, 3.05) is 25.3 Å². The third-order valence-electron chi connectivity index (χ3n) is 5.10. The van der Waals surface area contributed by atoms with Crippen LogP contribution >= 0.6 is 11.8 Å². The van der Waals surface area contributed by atoms with Crippen LogP contribution in [0.1, 0.15) is 18.9 Å². The van der Waals surface area contributed by atoms with Gasteiger partial charge in [-0.2, -0.15) is 0 Å². The van der Waals surface area contributed by atoms with Crippen molar-refractivity contribution in [3.63, 3.8) is 0 Å². The van der Waals surface area contributed by atoms with Gasteiger partial charge in [0.2, 0.25) is 5.91 Å². The number of carbonyl (C=O) groups excluding carboxylic acids is 1. The Kier molecular flexibility index (Phi) is 7.89. The van der Waals surface area contributed by atoms with Gasteiger partial charge in [0.1, 0.15) is 17.2 Å². The molecule has 4 rings (SSSR count).